The van der Waals surface area contributed by atoms with Crippen molar-refractivity contribution in [3.63, 3.8) is 0 Å². The van der Waals surface area contributed by atoms with E-state index in [0.717, 1.165) is 6.54 Å². The molecule has 2 N–H and O–H groups in total. The lowest BCUT2D eigenvalue weighted by Crippen LogP contribution is -2.42. The van der Waals surface area contributed by atoms with Gasteiger partial charge in [-0.05, 0) is 45.4 Å². The van der Waals surface area contributed by atoms with E-state index in [1.165, 1.54) is 12.8 Å². The van der Waals surface area contributed by atoms with Crippen molar-refractivity contribution in [2.45, 2.75) is 79.3 Å². The molecule has 1 amide bonds. The molecule has 0 fully saturated rings. The van der Waals surface area contributed by atoms with Crippen LogP contribution in [0.15, 0.2) is 0 Å². The number of rotatable bonds is 8. The van der Waals surface area contributed by atoms with Gasteiger partial charge in [-0.3, -0.25) is 4.79 Å². The Labute approximate surface area is 119 Å². The highest BCUT2D eigenvalue weighted by Gasteiger charge is 2.15. The van der Waals surface area contributed by atoms with E-state index in [9.17, 15) is 4.79 Å². The van der Waals surface area contributed by atoms with Crippen LogP contribution in [0.2, 0.25) is 0 Å². The standard InChI is InChI=1S/C16H34N2O/c1-12(2)10-14(11-13(3)4)17-9-8-15(19)18-16(5,6)7/h12-14,17H,8-11H2,1-7H3,(H,18,19). The van der Waals surface area contributed by atoms with Gasteiger partial charge in [-0.2, -0.15) is 0 Å². The average Bonchev–Trinajstić information content (AvgIpc) is 2.11. The smallest absolute Gasteiger partial charge is 0.221 e. The molecule has 0 aromatic heterocycles. The molecule has 0 saturated carbocycles. The van der Waals surface area contributed by atoms with Gasteiger partial charge in [0.25, 0.3) is 0 Å². The third-order valence-corrected chi connectivity index (χ3v) is 2.81. The predicted molar refractivity (Wildman–Crippen MR) is 83.2 cm³/mol. The Morgan fingerprint density at radius 2 is 1.47 bits per heavy atom. The van der Waals surface area contributed by atoms with Crippen molar-refractivity contribution in [2.75, 3.05) is 6.54 Å². The Morgan fingerprint density at radius 3 is 1.84 bits per heavy atom. The number of hydrogen-bond acceptors (Lipinski definition) is 2. The second-order valence-corrected chi connectivity index (χ2v) is 7.46. The Bertz CT molecular complexity index is 244. The van der Waals surface area contributed by atoms with Crippen LogP contribution >= 0.6 is 0 Å². The van der Waals surface area contributed by atoms with E-state index in [-0.39, 0.29) is 11.4 Å². The monoisotopic (exact) mass is 270 g/mol. The molecular formula is C16H34N2O. The van der Waals surface area contributed by atoms with Crippen LogP contribution in [0.4, 0.5) is 0 Å². The summed E-state index contributed by atoms with van der Waals surface area (Å²) in [7, 11) is 0. The van der Waals surface area contributed by atoms with Crippen molar-refractivity contribution in [2.24, 2.45) is 11.8 Å². The molecule has 3 heteroatoms. The first-order valence-corrected chi connectivity index (χ1v) is 7.64. The molecule has 0 aromatic rings. The van der Waals surface area contributed by atoms with Gasteiger partial charge in [0.2, 0.25) is 5.91 Å². The van der Waals surface area contributed by atoms with Crippen LogP contribution < -0.4 is 10.6 Å². The van der Waals surface area contributed by atoms with Crippen LogP contribution in [-0.2, 0) is 4.79 Å². The lowest BCUT2D eigenvalue weighted by atomic mass is 9.95. The molecule has 0 saturated heterocycles. The Kier molecular flexibility index (Phi) is 8.31. The molecule has 0 rings (SSSR count). The van der Waals surface area contributed by atoms with Gasteiger partial charge in [0.1, 0.15) is 0 Å². The first-order chi connectivity index (χ1) is 8.60. The predicted octanol–water partition coefficient (Wildman–Crippen LogP) is 3.34. The molecule has 0 aliphatic heterocycles. The van der Waals surface area contributed by atoms with Gasteiger partial charge in [-0.25, -0.2) is 0 Å². The Balaban J connectivity index is 4.01. The molecule has 0 heterocycles. The second-order valence-electron chi connectivity index (χ2n) is 7.46. The van der Waals surface area contributed by atoms with Crippen LogP contribution in [0.5, 0.6) is 0 Å². The lowest BCUT2D eigenvalue weighted by Gasteiger charge is -2.23. The number of amides is 1. The summed E-state index contributed by atoms with van der Waals surface area (Å²) in [5.41, 5.74) is -0.133. The summed E-state index contributed by atoms with van der Waals surface area (Å²) in [6, 6.07) is 0.530. The van der Waals surface area contributed by atoms with Gasteiger partial charge < -0.3 is 10.6 Å². The third kappa shape index (κ3) is 12.2. The van der Waals surface area contributed by atoms with Crippen molar-refractivity contribution in [1.29, 1.82) is 0 Å². The number of nitrogens with one attached hydrogen (secondary N) is 2. The molecule has 0 radical (unpaired) electrons. The highest BCUT2D eigenvalue weighted by molar-refractivity contribution is 5.76. The Hall–Kier alpha value is -0.570. The molecule has 114 valence electrons. The van der Waals surface area contributed by atoms with E-state index >= 15 is 0 Å². The van der Waals surface area contributed by atoms with E-state index in [1.807, 2.05) is 20.8 Å². The molecule has 0 bridgehead atoms. The number of hydrogen-bond donors (Lipinski definition) is 2. The van der Waals surface area contributed by atoms with Gasteiger partial charge in [-0.1, -0.05) is 27.7 Å². The second kappa shape index (κ2) is 8.57. The summed E-state index contributed by atoms with van der Waals surface area (Å²) in [4.78, 5) is 11.7. The van der Waals surface area contributed by atoms with Crippen LogP contribution in [0.25, 0.3) is 0 Å². The van der Waals surface area contributed by atoms with Crippen molar-refractivity contribution in [3.05, 3.63) is 0 Å². The summed E-state index contributed by atoms with van der Waals surface area (Å²) in [6.07, 6.45) is 2.92. The first kappa shape index (κ1) is 18.4. The van der Waals surface area contributed by atoms with Gasteiger partial charge in [0.05, 0.1) is 0 Å². The maximum atomic E-state index is 11.7. The molecule has 0 aliphatic carbocycles. The SMILES string of the molecule is CC(C)CC(CC(C)C)NCCC(=O)NC(C)(C)C. The zero-order chi connectivity index (χ0) is 15.1. The highest BCUT2D eigenvalue weighted by atomic mass is 16.1. The maximum absolute atomic E-state index is 11.7. The topological polar surface area (TPSA) is 41.1 Å². The van der Waals surface area contributed by atoms with E-state index in [2.05, 4.69) is 38.3 Å². The van der Waals surface area contributed by atoms with E-state index < -0.39 is 0 Å². The number of carbonyl (C=O) groups is 1. The fourth-order valence-corrected chi connectivity index (χ4v) is 2.27. The van der Waals surface area contributed by atoms with E-state index in [1.54, 1.807) is 0 Å². The first-order valence-electron chi connectivity index (χ1n) is 7.64. The van der Waals surface area contributed by atoms with Crippen molar-refractivity contribution in [1.82, 2.24) is 10.6 Å². The molecule has 0 atom stereocenters. The zero-order valence-corrected chi connectivity index (χ0v) is 14.0. The minimum Gasteiger partial charge on any atom is -0.351 e. The van der Waals surface area contributed by atoms with Crippen molar-refractivity contribution >= 4 is 5.91 Å². The highest BCUT2D eigenvalue weighted by Crippen LogP contribution is 2.13. The molecular weight excluding hydrogens is 236 g/mol. The van der Waals surface area contributed by atoms with Crippen LogP contribution in [0.1, 0.15) is 67.7 Å². The van der Waals surface area contributed by atoms with Gasteiger partial charge >= 0.3 is 0 Å². The molecule has 0 aliphatic rings. The van der Waals surface area contributed by atoms with Crippen LogP contribution in [-0.4, -0.2) is 24.0 Å². The normalized spacial score (nSPS) is 12.5. The molecule has 19 heavy (non-hydrogen) atoms. The fourth-order valence-electron chi connectivity index (χ4n) is 2.27. The molecule has 0 spiro atoms. The lowest BCUT2D eigenvalue weighted by molar-refractivity contribution is -0.122. The largest absolute Gasteiger partial charge is 0.351 e. The summed E-state index contributed by atoms with van der Waals surface area (Å²) in [5, 5.41) is 6.53. The van der Waals surface area contributed by atoms with Crippen LogP contribution in [0.3, 0.4) is 0 Å². The van der Waals surface area contributed by atoms with Gasteiger partial charge in [0.15, 0.2) is 0 Å². The van der Waals surface area contributed by atoms with E-state index in [0.29, 0.717) is 24.3 Å². The van der Waals surface area contributed by atoms with E-state index in [4.69, 9.17) is 0 Å². The quantitative estimate of drug-likeness (QED) is 0.710. The average molecular weight is 270 g/mol. The Morgan fingerprint density at radius 1 is 1.00 bits per heavy atom. The summed E-state index contributed by atoms with van der Waals surface area (Å²) >= 11 is 0. The molecule has 0 aromatic carbocycles. The fraction of sp³-hybridized carbons (Fsp3) is 0.938. The molecule has 0 unspecified atom stereocenters. The van der Waals surface area contributed by atoms with Crippen molar-refractivity contribution in [3.8, 4) is 0 Å². The summed E-state index contributed by atoms with van der Waals surface area (Å²) in [5.74, 6) is 1.52. The zero-order valence-electron chi connectivity index (χ0n) is 14.0. The van der Waals surface area contributed by atoms with Gasteiger partial charge in [0, 0.05) is 24.5 Å². The molecule has 3 nitrogen and oxygen atoms in total. The summed E-state index contributed by atoms with van der Waals surface area (Å²) in [6.45, 7) is 15.8. The summed E-state index contributed by atoms with van der Waals surface area (Å²) < 4.78 is 0. The maximum Gasteiger partial charge on any atom is 0.221 e. The van der Waals surface area contributed by atoms with Crippen molar-refractivity contribution < 1.29 is 4.79 Å². The minimum absolute atomic E-state index is 0.132. The van der Waals surface area contributed by atoms with Gasteiger partial charge in [-0.15, -0.1) is 0 Å². The minimum atomic E-state index is -0.133. The van der Waals surface area contributed by atoms with Crippen LogP contribution in [0, 0.1) is 11.8 Å². The number of carbonyl (C=O) groups excluding carboxylic acids is 1. The third-order valence-electron chi connectivity index (χ3n) is 2.81.